The van der Waals surface area contributed by atoms with Gasteiger partial charge in [0, 0.05) is 38.2 Å². The van der Waals surface area contributed by atoms with Gasteiger partial charge in [0.25, 0.3) is 5.91 Å². The largest absolute Gasteiger partial charge is 0.391 e. The number of carbonyl (C=O) groups is 2. The first-order valence-corrected chi connectivity index (χ1v) is 7.97. The average molecular weight is 302 g/mol. The van der Waals surface area contributed by atoms with Crippen molar-refractivity contribution in [2.45, 2.75) is 38.3 Å². The number of hydrogen-bond donors (Lipinski definition) is 1. The molecule has 1 aromatic carbocycles. The molecule has 2 fully saturated rings. The zero-order valence-corrected chi connectivity index (χ0v) is 12.7. The van der Waals surface area contributed by atoms with Crippen molar-refractivity contribution in [3.05, 3.63) is 35.4 Å². The number of aliphatic hydroxyl groups is 1. The lowest BCUT2D eigenvalue weighted by molar-refractivity contribution is -0.128. The van der Waals surface area contributed by atoms with Crippen molar-refractivity contribution in [3.63, 3.8) is 0 Å². The van der Waals surface area contributed by atoms with Gasteiger partial charge in [-0.2, -0.15) is 0 Å². The lowest BCUT2D eigenvalue weighted by atomic mass is 10.1. The fourth-order valence-corrected chi connectivity index (χ4v) is 3.22. The lowest BCUT2D eigenvalue weighted by Gasteiger charge is -2.30. The molecule has 2 aliphatic heterocycles. The molecule has 0 saturated carbocycles. The van der Waals surface area contributed by atoms with Gasteiger partial charge in [-0.05, 0) is 37.0 Å². The number of hydrogen-bond acceptors (Lipinski definition) is 3. The first-order valence-electron chi connectivity index (χ1n) is 7.97. The fourth-order valence-electron chi connectivity index (χ4n) is 3.22. The van der Waals surface area contributed by atoms with E-state index in [1.54, 1.807) is 11.0 Å². The molecule has 5 nitrogen and oxygen atoms in total. The van der Waals surface area contributed by atoms with Crippen LogP contribution in [0.25, 0.3) is 0 Å². The molecule has 2 heterocycles. The van der Waals surface area contributed by atoms with Gasteiger partial charge in [0.05, 0.1) is 6.10 Å². The van der Waals surface area contributed by atoms with E-state index < -0.39 is 6.10 Å². The third-order valence-corrected chi connectivity index (χ3v) is 4.40. The van der Waals surface area contributed by atoms with E-state index in [-0.39, 0.29) is 11.8 Å². The van der Waals surface area contributed by atoms with Gasteiger partial charge in [0.2, 0.25) is 5.91 Å². The van der Waals surface area contributed by atoms with E-state index in [2.05, 4.69) is 0 Å². The summed E-state index contributed by atoms with van der Waals surface area (Å²) >= 11 is 0. The molecule has 2 saturated heterocycles. The Balaban J connectivity index is 1.70. The van der Waals surface area contributed by atoms with Crippen LogP contribution in [-0.4, -0.2) is 52.5 Å². The predicted molar refractivity (Wildman–Crippen MR) is 82.2 cm³/mol. The maximum Gasteiger partial charge on any atom is 0.253 e. The van der Waals surface area contributed by atoms with Gasteiger partial charge in [-0.3, -0.25) is 9.59 Å². The number of rotatable bonds is 3. The summed E-state index contributed by atoms with van der Waals surface area (Å²) < 4.78 is 0. The Hall–Kier alpha value is -1.88. The standard InChI is InChI=1S/C17H22N2O3/c20-15-6-2-9-19(12-15)17(22)14-5-1-4-13(10-14)11-18-8-3-7-16(18)21/h1,4-5,10,15,20H,2-3,6-9,11-12H2. The summed E-state index contributed by atoms with van der Waals surface area (Å²) in [4.78, 5) is 27.8. The Kier molecular flexibility index (Phi) is 4.43. The second kappa shape index (κ2) is 6.48. The third-order valence-electron chi connectivity index (χ3n) is 4.40. The van der Waals surface area contributed by atoms with E-state index in [1.807, 2.05) is 23.1 Å². The summed E-state index contributed by atoms with van der Waals surface area (Å²) in [6.45, 7) is 2.48. The average Bonchev–Trinajstić information content (AvgIpc) is 2.92. The van der Waals surface area contributed by atoms with Gasteiger partial charge in [-0.25, -0.2) is 0 Å². The van der Waals surface area contributed by atoms with Crippen LogP contribution in [-0.2, 0) is 11.3 Å². The summed E-state index contributed by atoms with van der Waals surface area (Å²) in [5.41, 5.74) is 1.62. The minimum absolute atomic E-state index is 0.0339. The summed E-state index contributed by atoms with van der Waals surface area (Å²) in [6, 6.07) is 7.49. The van der Waals surface area contributed by atoms with Crippen molar-refractivity contribution in [3.8, 4) is 0 Å². The van der Waals surface area contributed by atoms with Crippen LogP contribution in [0.5, 0.6) is 0 Å². The van der Waals surface area contributed by atoms with Crippen LogP contribution >= 0.6 is 0 Å². The Bertz CT molecular complexity index is 573. The number of carbonyl (C=O) groups excluding carboxylic acids is 2. The highest BCUT2D eigenvalue weighted by molar-refractivity contribution is 5.94. The minimum atomic E-state index is -0.414. The Labute approximate surface area is 130 Å². The van der Waals surface area contributed by atoms with E-state index in [0.29, 0.717) is 31.6 Å². The van der Waals surface area contributed by atoms with E-state index in [4.69, 9.17) is 0 Å². The quantitative estimate of drug-likeness (QED) is 0.918. The number of piperidine rings is 1. The number of nitrogens with zero attached hydrogens (tertiary/aromatic N) is 2. The van der Waals surface area contributed by atoms with Gasteiger partial charge in [-0.1, -0.05) is 12.1 Å². The molecule has 1 atom stereocenters. The van der Waals surface area contributed by atoms with Crippen molar-refractivity contribution in [2.24, 2.45) is 0 Å². The number of aliphatic hydroxyl groups excluding tert-OH is 1. The Morgan fingerprint density at radius 3 is 2.86 bits per heavy atom. The van der Waals surface area contributed by atoms with E-state index >= 15 is 0 Å². The smallest absolute Gasteiger partial charge is 0.253 e. The first kappa shape index (κ1) is 15.0. The summed E-state index contributed by atoms with van der Waals surface area (Å²) in [7, 11) is 0. The van der Waals surface area contributed by atoms with E-state index in [1.165, 1.54) is 0 Å². The number of likely N-dealkylation sites (tertiary alicyclic amines) is 2. The highest BCUT2D eigenvalue weighted by atomic mass is 16.3. The Morgan fingerprint density at radius 1 is 1.27 bits per heavy atom. The molecular formula is C17H22N2O3. The molecule has 1 aromatic rings. The molecule has 0 radical (unpaired) electrons. The summed E-state index contributed by atoms with van der Waals surface area (Å²) in [5.74, 6) is 0.157. The summed E-state index contributed by atoms with van der Waals surface area (Å²) in [6.07, 6.45) is 2.74. The lowest BCUT2D eigenvalue weighted by Crippen LogP contribution is -2.42. The SMILES string of the molecule is O=C1CCCN1Cc1cccc(C(=O)N2CCCC(O)C2)c1. The molecule has 0 spiro atoms. The topological polar surface area (TPSA) is 60.9 Å². The van der Waals surface area contributed by atoms with Crippen molar-refractivity contribution >= 4 is 11.8 Å². The Morgan fingerprint density at radius 2 is 2.14 bits per heavy atom. The second-order valence-electron chi connectivity index (χ2n) is 6.17. The van der Waals surface area contributed by atoms with Gasteiger partial charge in [0.1, 0.15) is 0 Å². The second-order valence-corrected chi connectivity index (χ2v) is 6.17. The maximum atomic E-state index is 12.5. The minimum Gasteiger partial charge on any atom is -0.391 e. The van der Waals surface area contributed by atoms with Crippen LogP contribution in [0.2, 0.25) is 0 Å². The zero-order chi connectivity index (χ0) is 15.5. The van der Waals surface area contributed by atoms with Crippen LogP contribution < -0.4 is 0 Å². The molecule has 2 amide bonds. The maximum absolute atomic E-state index is 12.5. The van der Waals surface area contributed by atoms with E-state index in [9.17, 15) is 14.7 Å². The van der Waals surface area contributed by atoms with E-state index in [0.717, 1.165) is 31.4 Å². The van der Waals surface area contributed by atoms with Crippen LogP contribution in [0.3, 0.4) is 0 Å². The predicted octanol–water partition coefficient (Wildman–Crippen LogP) is 1.41. The molecule has 0 bridgehead atoms. The zero-order valence-electron chi connectivity index (χ0n) is 12.7. The van der Waals surface area contributed by atoms with Gasteiger partial charge < -0.3 is 14.9 Å². The molecule has 0 aromatic heterocycles. The van der Waals surface area contributed by atoms with Gasteiger partial charge >= 0.3 is 0 Å². The number of β-amino-alcohol motifs (C(OH)–C–C–N with tert-alkyl or cyclic N) is 1. The van der Waals surface area contributed by atoms with Crippen LogP contribution in [0.1, 0.15) is 41.6 Å². The van der Waals surface area contributed by atoms with Gasteiger partial charge in [0.15, 0.2) is 0 Å². The highest BCUT2D eigenvalue weighted by Gasteiger charge is 2.24. The van der Waals surface area contributed by atoms with Crippen molar-refractivity contribution < 1.29 is 14.7 Å². The van der Waals surface area contributed by atoms with Gasteiger partial charge in [-0.15, -0.1) is 0 Å². The fraction of sp³-hybridized carbons (Fsp3) is 0.529. The molecule has 2 aliphatic rings. The van der Waals surface area contributed by atoms with Crippen LogP contribution in [0, 0.1) is 0 Å². The molecule has 118 valence electrons. The molecule has 22 heavy (non-hydrogen) atoms. The molecule has 1 unspecified atom stereocenters. The van der Waals surface area contributed by atoms with Crippen molar-refractivity contribution in [1.29, 1.82) is 0 Å². The number of benzene rings is 1. The summed E-state index contributed by atoms with van der Waals surface area (Å²) in [5, 5.41) is 9.71. The number of amides is 2. The van der Waals surface area contributed by atoms with Crippen molar-refractivity contribution in [2.75, 3.05) is 19.6 Å². The molecule has 5 heteroatoms. The van der Waals surface area contributed by atoms with Crippen LogP contribution in [0.15, 0.2) is 24.3 Å². The molecule has 1 N–H and O–H groups in total. The first-order chi connectivity index (χ1) is 10.6. The molecule has 0 aliphatic carbocycles. The highest BCUT2D eigenvalue weighted by Crippen LogP contribution is 2.18. The van der Waals surface area contributed by atoms with Crippen LogP contribution in [0.4, 0.5) is 0 Å². The monoisotopic (exact) mass is 302 g/mol. The van der Waals surface area contributed by atoms with Crippen molar-refractivity contribution in [1.82, 2.24) is 9.80 Å². The molecule has 3 rings (SSSR count). The normalized spacial score (nSPS) is 22.2. The molecular weight excluding hydrogens is 280 g/mol. The third kappa shape index (κ3) is 3.30.